The first kappa shape index (κ1) is 37.4. The fourth-order valence-corrected chi connectivity index (χ4v) is 5.22. The van der Waals surface area contributed by atoms with Gasteiger partial charge in [0.1, 0.15) is 12.8 Å². The van der Waals surface area contributed by atoms with Crippen LogP contribution in [0.15, 0.2) is 42.7 Å². The molecule has 0 spiro atoms. The smallest absolute Gasteiger partial charge is 0.220 e. The van der Waals surface area contributed by atoms with E-state index in [1.807, 2.05) is 28.9 Å². The minimum absolute atomic E-state index is 0. The van der Waals surface area contributed by atoms with Crippen molar-refractivity contribution in [2.75, 3.05) is 6.61 Å². The maximum atomic E-state index is 12.4. The summed E-state index contributed by atoms with van der Waals surface area (Å²) in [5.41, 5.74) is 3.46. The summed E-state index contributed by atoms with van der Waals surface area (Å²) in [5, 5.41) is 0. The summed E-state index contributed by atoms with van der Waals surface area (Å²) < 4.78 is 8.31. The van der Waals surface area contributed by atoms with E-state index in [0.29, 0.717) is 13.1 Å². The number of ether oxygens (including phenoxy) is 1. The third-order valence-corrected chi connectivity index (χ3v) is 7.85. The summed E-state index contributed by atoms with van der Waals surface area (Å²) in [7, 11) is 2.00. The number of halogens is 1. The van der Waals surface area contributed by atoms with Crippen LogP contribution in [0.3, 0.4) is 0 Å². The van der Waals surface area contributed by atoms with Gasteiger partial charge in [-0.2, -0.15) is 0 Å². The Balaban J connectivity index is 0.00000840. The van der Waals surface area contributed by atoms with E-state index < -0.39 is 0 Å². The third-order valence-electron chi connectivity index (χ3n) is 7.85. The van der Waals surface area contributed by atoms with Crippen molar-refractivity contribution in [3.8, 4) is 5.75 Å². The topological polar surface area (TPSA) is 33.4 Å². The number of aromatic nitrogens is 1. The van der Waals surface area contributed by atoms with Crippen molar-refractivity contribution in [3.05, 3.63) is 59.4 Å². The Bertz CT molecular complexity index is 969. The maximum absolute atomic E-state index is 12.4. The third kappa shape index (κ3) is 16.0. The molecule has 1 aromatic carbocycles. The summed E-state index contributed by atoms with van der Waals surface area (Å²) in [4.78, 5) is 14.3. The van der Waals surface area contributed by atoms with Crippen LogP contribution < -0.4 is 33.3 Å². The SMILES string of the molecule is CCCCCCCCCCCCCCCCOc1ccc(CN(Cc2cc[n+](C)cc2)C(C)=O)cc1C(C)(C)C.[I-]. The van der Waals surface area contributed by atoms with E-state index in [-0.39, 0.29) is 35.3 Å². The van der Waals surface area contributed by atoms with Gasteiger partial charge in [-0.3, -0.25) is 4.79 Å². The molecule has 0 aliphatic rings. The minimum Gasteiger partial charge on any atom is -1.00 e. The molecule has 0 radical (unpaired) electrons. The zero-order valence-corrected chi connectivity index (χ0v) is 29.3. The molecule has 4 nitrogen and oxygen atoms in total. The molecule has 0 aliphatic carbocycles. The minimum atomic E-state index is -0.0317. The van der Waals surface area contributed by atoms with Gasteiger partial charge in [0.15, 0.2) is 12.4 Å². The number of rotatable bonds is 20. The monoisotopic (exact) mass is 678 g/mol. The van der Waals surface area contributed by atoms with E-state index in [0.717, 1.165) is 29.9 Å². The fourth-order valence-electron chi connectivity index (χ4n) is 5.22. The van der Waals surface area contributed by atoms with E-state index in [2.05, 4.69) is 58.0 Å². The largest absolute Gasteiger partial charge is 1.00 e. The molecule has 0 N–H and O–H groups in total. The van der Waals surface area contributed by atoms with Crippen molar-refractivity contribution >= 4 is 5.91 Å². The van der Waals surface area contributed by atoms with Gasteiger partial charge in [-0.1, -0.05) is 117 Å². The molecule has 41 heavy (non-hydrogen) atoms. The molecule has 2 aromatic rings. The molecule has 0 aliphatic heterocycles. The summed E-state index contributed by atoms with van der Waals surface area (Å²) in [6.07, 6.45) is 23.2. The van der Waals surface area contributed by atoms with Gasteiger partial charge in [-0.25, -0.2) is 4.57 Å². The Kier molecular flexibility index (Phi) is 19.3. The van der Waals surface area contributed by atoms with Gasteiger partial charge in [0, 0.05) is 32.1 Å². The lowest BCUT2D eigenvalue weighted by Crippen LogP contribution is -3.00. The highest BCUT2D eigenvalue weighted by atomic mass is 127. The number of carbonyl (C=O) groups is 1. The zero-order chi connectivity index (χ0) is 29.2. The van der Waals surface area contributed by atoms with Crippen LogP contribution in [-0.4, -0.2) is 17.4 Å². The first-order valence-electron chi connectivity index (χ1n) is 16.2. The average molecular weight is 679 g/mol. The molecule has 232 valence electrons. The second-order valence-electron chi connectivity index (χ2n) is 12.8. The van der Waals surface area contributed by atoms with Gasteiger partial charge in [0.05, 0.1) is 6.61 Å². The van der Waals surface area contributed by atoms with Crippen LogP contribution in [0.2, 0.25) is 0 Å². The number of amides is 1. The van der Waals surface area contributed by atoms with Crippen molar-refractivity contribution in [3.63, 3.8) is 0 Å². The maximum Gasteiger partial charge on any atom is 0.220 e. The van der Waals surface area contributed by atoms with Gasteiger partial charge >= 0.3 is 0 Å². The molecule has 1 heterocycles. The Morgan fingerprint density at radius 3 is 1.73 bits per heavy atom. The van der Waals surface area contributed by atoms with Crippen LogP contribution in [0, 0.1) is 0 Å². The van der Waals surface area contributed by atoms with E-state index in [1.165, 1.54) is 89.0 Å². The van der Waals surface area contributed by atoms with Crippen molar-refractivity contribution in [2.45, 2.75) is 143 Å². The number of hydrogen-bond acceptors (Lipinski definition) is 2. The molecular weight excluding hydrogens is 619 g/mol. The van der Waals surface area contributed by atoms with Gasteiger partial charge in [0.25, 0.3) is 0 Å². The lowest BCUT2D eigenvalue weighted by atomic mass is 9.85. The van der Waals surface area contributed by atoms with E-state index in [1.54, 1.807) is 6.92 Å². The molecular formula is C36H59IN2O2. The Hall–Kier alpha value is -1.63. The van der Waals surface area contributed by atoms with E-state index in [4.69, 9.17) is 4.74 Å². The molecule has 5 heteroatoms. The number of pyridine rings is 1. The van der Waals surface area contributed by atoms with Crippen molar-refractivity contribution in [1.82, 2.24) is 4.90 Å². The number of unbranched alkanes of at least 4 members (excludes halogenated alkanes) is 13. The molecule has 1 aromatic heterocycles. The van der Waals surface area contributed by atoms with Crippen molar-refractivity contribution in [2.24, 2.45) is 7.05 Å². The molecule has 0 saturated heterocycles. The summed E-state index contributed by atoms with van der Waals surface area (Å²) in [5.74, 6) is 1.07. The first-order chi connectivity index (χ1) is 19.2. The lowest BCUT2D eigenvalue weighted by molar-refractivity contribution is -0.671. The molecule has 0 fully saturated rings. The van der Waals surface area contributed by atoms with Crippen LogP contribution in [0.25, 0.3) is 0 Å². The molecule has 1 amide bonds. The van der Waals surface area contributed by atoms with Crippen LogP contribution in [0.4, 0.5) is 0 Å². The van der Waals surface area contributed by atoms with E-state index in [9.17, 15) is 4.79 Å². The molecule has 0 bridgehead atoms. The second-order valence-corrected chi connectivity index (χ2v) is 12.8. The van der Waals surface area contributed by atoms with Crippen molar-refractivity contribution < 1.29 is 38.1 Å². The van der Waals surface area contributed by atoms with Crippen LogP contribution in [0.1, 0.15) is 141 Å². The Labute approximate surface area is 269 Å². The highest BCUT2D eigenvalue weighted by Crippen LogP contribution is 2.33. The molecule has 2 rings (SSSR count). The number of hydrogen-bond donors (Lipinski definition) is 0. The number of benzene rings is 1. The highest BCUT2D eigenvalue weighted by molar-refractivity contribution is 5.73. The Morgan fingerprint density at radius 2 is 1.24 bits per heavy atom. The van der Waals surface area contributed by atoms with Crippen molar-refractivity contribution in [1.29, 1.82) is 0 Å². The zero-order valence-electron chi connectivity index (χ0n) is 27.2. The number of aryl methyl sites for hydroxylation is 1. The second kappa shape index (κ2) is 21.1. The molecule has 0 saturated carbocycles. The van der Waals surface area contributed by atoms with E-state index >= 15 is 0 Å². The molecule has 0 unspecified atom stereocenters. The fraction of sp³-hybridized carbons (Fsp3) is 0.667. The van der Waals surface area contributed by atoms with Gasteiger partial charge in [-0.15, -0.1) is 0 Å². The first-order valence-corrected chi connectivity index (χ1v) is 16.2. The quantitative estimate of drug-likeness (QED) is 0.0947. The highest BCUT2D eigenvalue weighted by Gasteiger charge is 2.21. The van der Waals surface area contributed by atoms with Gasteiger partial charge in [-0.05, 0) is 40.7 Å². The summed E-state index contributed by atoms with van der Waals surface area (Å²) in [6.45, 7) is 12.6. The normalized spacial score (nSPS) is 11.3. The predicted molar refractivity (Wildman–Crippen MR) is 168 cm³/mol. The average Bonchev–Trinajstić information content (AvgIpc) is 2.91. The summed E-state index contributed by atoms with van der Waals surface area (Å²) in [6, 6.07) is 10.6. The standard InChI is InChI=1S/C36H59N2O2.HI/c1-7-8-9-10-11-12-13-14-15-16-17-18-19-20-27-40-35-22-21-33(28-34(35)36(3,4)5)30-38(31(2)39)29-32-23-25-37(6)26-24-32;/h21-26,28H,7-20,27,29-30H2,1-6H3;1H/q+1;/p-1. The predicted octanol–water partition coefficient (Wildman–Crippen LogP) is 6.22. The van der Waals surface area contributed by atoms with Crippen LogP contribution in [-0.2, 0) is 30.3 Å². The summed E-state index contributed by atoms with van der Waals surface area (Å²) >= 11 is 0. The Morgan fingerprint density at radius 1 is 0.756 bits per heavy atom. The number of carbonyl (C=O) groups excluding carboxylic acids is 1. The van der Waals surface area contributed by atoms with Gasteiger partial charge in [0.2, 0.25) is 5.91 Å². The van der Waals surface area contributed by atoms with Gasteiger partial charge < -0.3 is 33.6 Å². The van der Waals surface area contributed by atoms with Crippen LogP contribution in [0.5, 0.6) is 5.75 Å². The number of nitrogens with zero attached hydrogens (tertiary/aromatic N) is 2. The lowest BCUT2D eigenvalue weighted by Gasteiger charge is -2.26. The molecule has 0 atom stereocenters. The van der Waals surface area contributed by atoms with Crippen LogP contribution >= 0.6 is 0 Å².